The monoisotopic (exact) mass is 429 g/mol. The van der Waals surface area contributed by atoms with Gasteiger partial charge in [0, 0.05) is 12.5 Å². The summed E-state index contributed by atoms with van der Waals surface area (Å²) in [6.45, 7) is 8.07. The minimum Gasteiger partial charge on any atom is -0.508 e. The van der Waals surface area contributed by atoms with Gasteiger partial charge in [0.15, 0.2) is 0 Å². The van der Waals surface area contributed by atoms with Gasteiger partial charge < -0.3 is 14.7 Å². The van der Waals surface area contributed by atoms with Gasteiger partial charge in [-0.2, -0.15) is 0 Å². The maximum atomic E-state index is 9.83. The summed E-state index contributed by atoms with van der Waals surface area (Å²) in [4.78, 5) is 2.11. The summed E-state index contributed by atoms with van der Waals surface area (Å²) in [7, 11) is 4.09. The zero-order chi connectivity index (χ0) is 23.1. The van der Waals surface area contributed by atoms with Crippen LogP contribution in [-0.4, -0.2) is 37.3 Å². The van der Waals surface area contributed by atoms with Crippen LogP contribution in [0.3, 0.4) is 0 Å². The van der Waals surface area contributed by atoms with Crippen LogP contribution in [0.25, 0.3) is 5.57 Å². The van der Waals surface area contributed by atoms with Gasteiger partial charge in [0.05, 0.1) is 0 Å². The molecule has 1 atom stereocenters. The van der Waals surface area contributed by atoms with E-state index >= 15 is 0 Å². The van der Waals surface area contributed by atoms with Gasteiger partial charge in [-0.1, -0.05) is 68.5 Å². The molecule has 0 saturated heterocycles. The number of allylic oxidation sites excluding steroid dienone is 2. The molecule has 1 N–H and O–H groups in total. The number of ether oxygens (including phenoxy) is 1. The van der Waals surface area contributed by atoms with E-state index in [9.17, 15) is 5.11 Å². The smallest absolute Gasteiger partial charge is 0.119 e. The molecule has 0 saturated carbocycles. The molecule has 0 amide bonds. The number of benzene rings is 3. The van der Waals surface area contributed by atoms with E-state index in [4.69, 9.17) is 4.74 Å². The van der Waals surface area contributed by atoms with E-state index in [1.54, 1.807) is 12.1 Å². The van der Waals surface area contributed by atoms with E-state index < -0.39 is 0 Å². The molecule has 0 fully saturated rings. The van der Waals surface area contributed by atoms with Crippen molar-refractivity contribution in [1.29, 1.82) is 0 Å². The predicted molar refractivity (Wildman–Crippen MR) is 135 cm³/mol. The van der Waals surface area contributed by atoms with Gasteiger partial charge in [-0.25, -0.2) is 0 Å². The number of rotatable bonds is 9. The third-order valence-electron chi connectivity index (χ3n) is 5.78. The van der Waals surface area contributed by atoms with Gasteiger partial charge in [-0.3, -0.25) is 0 Å². The van der Waals surface area contributed by atoms with Crippen molar-refractivity contribution in [2.24, 2.45) is 0 Å². The van der Waals surface area contributed by atoms with Crippen LogP contribution in [-0.2, 0) is 0 Å². The maximum absolute atomic E-state index is 9.83. The van der Waals surface area contributed by atoms with Gasteiger partial charge >= 0.3 is 0 Å². The molecule has 0 heterocycles. The zero-order valence-corrected chi connectivity index (χ0v) is 19.9. The summed E-state index contributed by atoms with van der Waals surface area (Å²) in [5.41, 5.74) is 6.12. The van der Waals surface area contributed by atoms with E-state index in [-0.39, 0.29) is 11.7 Å². The predicted octanol–water partition coefficient (Wildman–Crippen LogP) is 6.69. The van der Waals surface area contributed by atoms with Crippen LogP contribution in [0.2, 0.25) is 0 Å². The third-order valence-corrected chi connectivity index (χ3v) is 5.78. The molecule has 32 heavy (non-hydrogen) atoms. The normalized spacial score (nSPS) is 12.9. The van der Waals surface area contributed by atoms with Crippen molar-refractivity contribution in [1.82, 2.24) is 4.90 Å². The van der Waals surface area contributed by atoms with Crippen molar-refractivity contribution in [3.8, 4) is 11.5 Å². The zero-order valence-electron chi connectivity index (χ0n) is 19.9. The third kappa shape index (κ3) is 6.02. The highest BCUT2D eigenvalue weighted by molar-refractivity contribution is 5.75. The fraction of sp³-hybridized carbons (Fsp3) is 0.310. The lowest BCUT2D eigenvalue weighted by molar-refractivity contribution is 0.261. The quantitative estimate of drug-likeness (QED) is 0.411. The van der Waals surface area contributed by atoms with E-state index in [0.29, 0.717) is 12.5 Å². The highest BCUT2D eigenvalue weighted by Gasteiger charge is 2.20. The summed E-state index contributed by atoms with van der Waals surface area (Å²) >= 11 is 0. The van der Waals surface area contributed by atoms with Gasteiger partial charge in [0.1, 0.15) is 18.1 Å². The summed E-state index contributed by atoms with van der Waals surface area (Å²) in [6, 6.07) is 24.8. The minimum absolute atomic E-state index is 0.0568. The molecule has 3 heteroatoms. The molecule has 168 valence electrons. The van der Waals surface area contributed by atoms with E-state index in [0.717, 1.165) is 17.9 Å². The Morgan fingerprint density at radius 2 is 1.38 bits per heavy atom. The summed E-state index contributed by atoms with van der Waals surface area (Å²) in [6.07, 6.45) is 2.20. The van der Waals surface area contributed by atoms with E-state index in [2.05, 4.69) is 68.1 Å². The second-order valence-electron chi connectivity index (χ2n) is 8.77. The van der Waals surface area contributed by atoms with E-state index in [1.807, 2.05) is 38.4 Å². The molecule has 0 bridgehead atoms. The van der Waals surface area contributed by atoms with Crippen LogP contribution in [0, 0.1) is 0 Å². The molecule has 0 aliphatic heterocycles. The fourth-order valence-corrected chi connectivity index (χ4v) is 3.88. The number of likely N-dealkylation sites (N-methyl/N-ethyl adjacent to an activating group) is 1. The first-order valence-corrected chi connectivity index (χ1v) is 11.3. The van der Waals surface area contributed by atoms with Crippen molar-refractivity contribution >= 4 is 5.57 Å². The Bertz CT molecular complexity index is 1000. The molecule has 1 unspecified atom stereocenters. The lowest BCUT2D eigenvalue weighted by atomic mass is 9.81. The number of aromatic hydroxyl groups is 1. The average Bonchev–Trinajstić information content (AvgIpc) is 2.79. The van der Waals surface area contributed by atoms with Crippen molar-refractivity contribution in [3.63, 3.8) is 0 Å². The van der Waals surface area contributed by atoms with Crippen LogP contribution in [0.4, 0.5) is 0 Å². The highest BCUT2D eigenvalue weighted by atomic mass is 16.5. The topological polar surface area (TPSA) is 32.7 Å². The molecule has 3 rings (SSSR count). The van der Waals surface area contributed by atoms with Crippen LogP contribution in [0.1, 0.15) is 54.9 Å². The standard InChI is InChI=1S/C29H35NO2/c1-6-28(23-9-7-22(8-10-23)21(2)3)29(24-11-15-26(31)16-12-24)25-13-17-27(18-14-25)32-20-19-30(4)5/h6-18,21,29,31H,19-20H2,1-5H3/b28-6+. The first-order chi connectivity index (χ1) is 15.4. The Hall–Kier alpha value is -3.04. The Kier molecular flexibility index (Phi) is 8.13. The number of phenols is 1. The Balaban J connectivity index is 1.95. The summed E-state index contributed by atoms with van der Waals surface area (Å²) in [5.74, 6) is 1.72. The van der Waals surface area contributed by atoms with Crippen molar-refractivity contribution in [2.75, 3.05) is 27.2 Å². The Labute approximate surface area is 193 Å². The molecule has 0 aromatic heterocycles. The van der Waals surface area contributed by atoms with Crippen LogP contribution in [0.15, 0.2) is 78.9 Å². The summed E-state index contributed by atoms with van der Waals surface area (Å²) < 4.78 is 5.89. The van der Waals surface area contributed by atoms with Gasteiger partial charge in [-0.05, 0) is 79.0 Å². The van der Waals surface area contributed by atoms with Crippen molar-refractivity contribution < 1.29 is 9.84 Å². The molecule has 0 radical (unpaired) electrons. The first kappa shape index (κ1) is 23.6. The highest BCUT2D eigenvalue weighted by Crippen LogP contribution is 2.39. The Morgan fingerprint density at radius 3 is 1.88 bits per heavy atom. The molecule has 0 aliphatic carbocycles. The second-order valence-corrected chi connectivity index (χ2v) is 8.77. The molecular formula is C29H35NO2. The number of phenolic OH excluding ortho intramolecular Hbond substituents is 1. The van der Waals surface area contributed by atoms with Crippen molar-refractivity contribution in [2.45, 2.75) is 32.6 Å². The van der Waals surface area contributed by atoms with Gasteiger partial charge in [0.25, 0.3) is 0 Å². The van der Waals surface area contributed by atoms with Gasteiger partial charge in [0.2, 0.25) is 0 Å². The van der Waals surface area contributed by atoms with Crippen LogP contribution in [0.5, 0.6) is 11.5 Å². The molecule has 3 aromatic rings. The fourth-order valence-electron chi connectivity index (χ4n) is 3.88. The molecule has 3 nitrogen and oxygen atoms in total. The number of hydrogen-bond acceptors (Lipinski definition) is 3. The molecule has 0 spiro atoms. The molecule has 0 aliphatic rings. The second kappa shape index (κ2) is 11.0. The number of hydrogen-bond donors (Lipinski definition) is 1. The first-order valence-electron chi connectivity index (χ1n) is 11.3. The molecule has 3 aromatic carbocycles. The van der Waals surface area contributed by atoms with Gasteiger partial charge in [-0.15, -0.1) is 0 Å². The van der Waals surface area contributed by atoms with Crippen molar-refractivity contribution in [3.05, 3.63) is 101 Å². The lowest BCUT2D eigenvalue weighted by Crippen LogP contribution is -2.19. The lowest BCUT2D eigenvalue weighted by Gasteiger charge is -2.23. The number of nitrogens with zero attached hydrogens (tertiary/aromatic N) is 1. The minimum atomic E-state index is 0.0568. The maximum Gasteiger partial charge on any atom is 0.119 e. The average molecular weight is 430 g/mol. The summed E-state index contributed by atoms with van der Waals surface area (Å²) in [5, 5.41) is 9.83. The van der Waals surface area contributed by atoms with Crippen LogP contribution >= 0.6 is 0 Å². The Morgan fingerprint density at radius 1 is 0.844 bits per heavy atom. The van der Waals surface area contributed by atoms with Crippen LogP contribution < -0.4 is 4.74 Å². The SMILES string of the molecule is C/C=C(\c1ccc(C(C)C)cc1)C(c1ccc(O)cc1)c1ccc(OCCN(C)C)cc1. The molecular weight excluding hydrogens is 394 g/mol. The largest absolute Gasteiger partial charge is 0.508 e. The van der Waals surface area contributed by atoms with E-state index in [1.165, 1.54) is 22.3 Å².